The molecule has 2 N–H and O–H groups in total. The van der Waals surface area contributed by atoms with Gasteiger partial charge in [0.05, 0.1) is 12.6 Å². The number of likely N-dealkylation sites (N-methyl/N-ethyl adjacent to an activating group) is 1. The molecule has 152 valence electrons. The number of rotatable bonds is 7. The van der Waals surface area contributed by atoms with Crippen molar-refractivity contribution >= 4 is 36.0 Å². The van der Waals surface area contributed by atoms with Crippen molar-refractivity contribution in [3.63, 3.8) is 0 Å². The number of nitrogens with zero attached hydrogens (tertiary/aromatic N) is 3. The van der Waals surface area contributed by atoms with Gasteiger partial charge in [-0.15, -0.1) is 12.4 Å². The van der Waals surface area contributed by atoms with Crippen LogP contribution in [0.2, 0.25) is 0 Å². The van der Waals surface area contributed by atoms with Gasteiger partial charge in [-0.3, -0.25) is 14.5 Å². The fraction of sp³-hybridized carbons (Fsp3) is 0.889. The van der Waals surface area contributed by atoms with Crippen LogP contribution in [0.5, 0.6) is 0 Å². The predicted octanol–water partition coefficient (Wildman–Crippen LogP) is 1.42. The van der Waals surface area contributed by atoms with Crippen molar-refractivity contribution < 1.29 is 9.59 Å². The van der Waals surface area contributed by atoms with Crippen molar-refractivity contribution in [3.05, 3.63) is 0 Å². The van der Waals surface area contributed by atoms with E-state index >= 15 is 0 Å². The third kappa shape index (κ3) is 6.91. The monoisotopic (exact) mass is 406 g/mol. The van der Waals surface area contributed by atoms with Gasteiger partial charge < -0.3 is 15.5 Å². The minimum Gasteiger partial charge on any atom is -0.342 e. The Kier molecular flexibility index (Phi) is 10.9. The molecule has 1 saturated heterocycles. The molecular weight excluding hydrogens is 372 g/mol. The topological polar surface area (TPSA) is 69.9 Å². The molecule has 6 nitrogen and oxygen atoms in total. The lowest BCUT2D eigenvalue weighted by molar-refractivity contribution is -0.136. The molecule has 0 aromatic heterocycles. The first-order valence-electron chi connectivity index (χ1n) is 9.54. The van der Waals surface area contributed by atoms with Crippen molar-refractivity contribution in [3.8, 4) is 0 Å². The highest BCUT2D eigenvalue weighted by Gasteiger charge is 2.28. The van der Waals surface area contributed by atoms with E-state index in [0.29, 0.717) is 25.7 Å². The van der Waals surface area contributed by atoms with Gasteiger partial charge in [0.2, 0.25) is 11.8 Å². The third-order valence-corrected chi connectivity index (χ3v) is 6.15. The van der Waals surface area contributed by atoms with Crippen LogP contribution in [-0.2, 0) is 9.59 Å². The van der Waals surface area contributed by atoms with Gasteiger partial charge in [0.15, 0.2) is 0 Å². The lowest BCUT2D eigenvalue weighted by atomic mass is 9.94. The normalized spacial score (nSPS) is 20.3. The number of nitrogens with two attached hydrogens (primary N) is 1. The lowest BCUT2D eigenvalue weighted by Gasteiger charge is -2.37. The van der Waals surface area contributed by atoms with Gasteiger partial charge >= 0.3 is 0 Å². The second-order valence-electron chi connectivity index (χ2n) is 7.29. The maximum Gasteiger partial charge on any atom is 0.239 e. The van der Waals surface area contributed by atoms with Crippen LogP contribution in [0.3, 0.4) is 0 Å². The van der Waals surface area contributed by atoms with E-state index in [-0.39, 0.29) is 24.2 Å². The van der Waals surface area contributed by atoms with E-state index in [1.54, 1.807) is 11.8 Å². The van der Waals surface area contributed by atoms with Gasteiger partial charge in [-0.05, 0) is 31.3 Å². The van der Waals surface area contributed by atoms with E-state index < -0.39 is 6.04 Å². The van der Waals surface area contributed by atoms with Crippen LogP contribution in [0.4, 0.5) is 0 Å². The summed E-state index contributed by atoms with van der Waals surface area (Å²) in [6, 6.07) is 0.0246. The van der Waals surface area contributed by atoms with E-state index in [1.165, 1.54) is 19.3 Å². The Bertz CT molecular complexity index is 441. The number of thioether (sulfide) groups is 1. The second kappa shape index (κ2) is 12.1. The zero-order valence-corrected chi connectivity index (χ0v) is 17.8. The molecule has 1 heterocycles. The first-order chi connectivity index (χ1) is 12.0. The van der Waals surface area contributed by atoms with E-state index in [9.17, 15) is 9.59 Å². The van der Waals surface area contributed by atoms with E-state index in [4.69, 9.17) is 5.73 Å². The first kappa shape index (κ1) is 23.5. The molecule has 0 bridgehead atoms. The molecular formula is C18H35ClN4O2S. The molecule has 1 atom stereocenters. The zero-order valence-electron chi connectivity index (χ0n) is 16.2. The van der Waals surface area contributed by atoms with E-state index in [1.807, 2.05) is 23.1 Å². The highest BCUT2D eigenvalue weighted by Crippen LogP contribution is 2.21. The van der Waals surface area contributed by atoms with Gasteiger partial charge in [-0.2, -0.15) is 11.8 Å². The molecule has 1 aliphatic heterocycles. The third-order valence-electron chi connectivity index (χ3n) is 5.51. The van der Waals surface area contributed by atoms with Crippen LogP contribution in [0, 0.1) is 0 Å². The molecule has 2 rings (SSSR count). The molecule has 2 aliphatic rings. The molecule has 0 aromatic carbocycles. The summed E-state index contributed by atoms with van der Waals surface area (Å²) in [6.45, 7) is 3.32. The van der Waals surface area contributed by atoms with E-state index in [2.05, 4.69) is 4.90 Å². The highest BCUT2D eigenvalue weighted by atomic mass is 35.5. The molecule has 0 radical (unpaired) electrons. The predicted molar refractivity (Wildman–Crippen MR) is 111 cm³/mol. The summed E-state index contributed by atoms with van der Waals surface area (Å²) in [5.41, 5.74) is 5.99. The number of carbonyl (C=O) groups is 2. The van der Waals surface area contributed by atoms with Crippen molar-refractivity contribution in [2.45, 2.75) is 50.6 Å². The standard InChI is InChI=1S/C18H34N4O2S.ClH/c1-20(15-6-4-3-5-7-15)17(23)14-21-9-11-22(12-10-21)18(24)16(19)8-13-25-2;/h15-16H,3-14,19H2,1-2H3;1H/t16-;/m0./s1. The summed E-state index contributed by atoms with van der Waals surface area (Å²) in [7, 11) is 1.95. The Hall–Kier alpha value is -0.500. The quantitative estimate of drug-likeness (QED) is 0.692. The molecule has 0 unspecified atom stereocenters. The van der Waals surface area contributed by atoms with Gasteiger partial charge in [-0.25, -0.2) is 0 Å². The highest BCUT2D eigenvalue weighted by molar-refractivity contribution is 7.98. The van der Waals surface area contributed by atoms with Crippen LogP contribution in [0.1, 0.15) is 38.5 Å². The largest absolute Gasteiger partial charge is 0.342 e. The molecule has 1 saturated carbocycles. The maximum atomic E-state index is 12.5. The molecule has 2 amide bonds. The van der Waals surface area contributed by atoms with Gasteiger partial charge in [-0.1, -0.05) is 19.3 Å². The zero-order chi connectivity index (χ0) is 18.2. The van der Waals surface area contributed by atoms with Crippen molar-refractivity contribution in [2.75, 3.05) is 51.8 Å². The summed E-state index contributed by atoms with van der Waals surface area (Å²) in [5, 5.41) is 0. The number of carbonyl (C=O) groups excluding carboxylic acids is 2. The average Bonchev–Trinajstić information content (AvgIpc) is 2.66. The van der Waals surface area contributed by atoms with Crippen LogP contribution in [-0.4, -0.2) is 90.4 Å². The van der Waals surface area contributed by atoms with Crippen molar-refractivity contribution in [1.29, 1.82) is 0 Å². The molecule has 1 aliphatic carbocycles. The Morgan fingerprint density at radius 3 is 2.35 bits per heavy atom. The van der Waals surface area contributed by atoms with Crippen molar-refractivity contribution in [1.82, 2.24) is 14.7 Å². The van der Waals surface area contributed by atoms with Gasteiger partial charge in [0.1, 0.15) is 0 Å². The van der Waals surface area contributed by atoms with Crippen molar-refractivity contribution in [2.24, 2.45) is 5.73 Å². The molecule has 2 fully saturated rings. The number of hydrogen-bond donors (Lipinski definition) is 1. The molecule has 26 heavy (non-hydrogen) atoms. The summed E-state index contributed by atoms with van der Waals surface area (Å²) in [4.78, 5) is 30.9. The number of amides is 2. The Balaban J connectivity index is 0.00000338. The number of halogens is 1. The van der Waals surface area contributed by atoms with Crippen LogP contribution in [0.25, 0.3) is 0 Å². The minimum absolute atomic E-state index is 0. The summed E-state index contributed by atoms with van der Waals surface area (Å²) < 4.78 is 0. The lowest BCUT2D eigenvalue weighted by Crippen LogP contribution is -2.55. The summed E-state index contributed by atoms with van der Waals surface area (Å²) in [5.74, 6) is 1.18. The summed E-state index contributed by atoms with van der Waals surface area (Å²) >= 11 is 1.71. The Labute approximate surface area is 168 Å². The number of piperazine rings is 1. The summed E-state index contributed by atoms with van der Waals surface area (Å²) in [6.07, 6.45) is 8.80. The van der Waals surface area contributed by atoms with Crippen LogP contribution >= 0.6 is 24.2 Å². The average molecular weight is 407 g/mol. The Morgan fingerprint density at radius 2 is 1.77 bits per heavy atom. The van der Waals surface area contributed by atoms with Crippen LogP contribution < -0.4 is 5.73 Å². The van der Waals surface area contributed by atoms with Gasteiger partial charge in [0, 0.05) is 39.3 Å². The fourth-order valence-corrected chi connectivity index (χ4v) is 4.19. The SMILES string of the molecule is CSCC[C@H](N)C(=O)N1CCN(CC(=O)N(C)C2CCCCC2)CC1.Cl. The molecule has 0 aromatic rings. The second-order valence-corrected chi connectivity index (χ2v) is 8.27. The first-order valence-corrected chi connectivity index (χ1v) is 10.9. The molecule has 0 spiro atoms. The van der Waals surface area contributed by atoms with E-state index in [0.717, 1.165) is 38.1 Å². The van der Waals surface area contributed by atoms with Gasteiger partial charge in [0.25, 0.3) is 0 Å². The Morgan fingerprint density at radius 1 is 1.15 bits per heavy atom. The maximum absolute atomic E-state index is 12.5. The minimum atomic E-state index is -0.391. The number of hydrogen-bond acceptors (Lipinski definition) is 5. The fourth-order valence-electron chi connectivity index (χ4n) is 3.70. The molecule has 8 heteroatoms. The van der Waals surface area contributed by atoms with Crippen LogP contribution in [0.15, 0.2) is 0 Å². The smallest absolute Gasteiger partial charge is 0.239 e.